The highest BCUT2D eigenvalue weighted by Crippen LogP contribution is 2.58. The van der Waals surface area contributed by atoms with Crippen LogP contribution < -0.4 is 0 Å². The van der Waals surface area contributed by atoms with E-state index >= 15 is 0 Å². The third-order valence-corrected chi connectivity index (χ3v) is 5.80. The number of hydrogen-bond acceptors (Lipinski definition) is 3. The summed E-state index contributed by atoms with van der Waals surface area (Å²) >= 11 is 0. The molecular formula is C18H22N2O2. The van der Waals surface area contributed by atoms with Crippen molar-refractivity contribution in [1.29, 1.82) is 0 Å². The van der Waals surface area contributed by atoms with Gasteiger partial charge in [0.1, 0.15) is 0 Å². The third-order valence-electron chi connectivity index (χ3n) is 5.80. The van der Waals surface area contributed by atoms with Gasteiger partial charge in [-0.25, -0.2) is 4.68 Å². The summed E-state index contributed by atoms with van der Waals surface area (Å²) in [5, 5.41) is 5.84. The molecule has 22 heavy (non-hydrogen) atoms. The first-order chi connectivity index (χ1) is 10.9. The van der Waals surface area contributed by atoms with Crippen LogP contribution in [-0.2, 0) is 14.9 Å². The summed E-state index contributed by atoms with van der Waals surface area (Å²) in [4.78, 5) is 0. The molecule has 0 N–H and O–H groups in total. The predicted octanol–water partition coefficient (Wildman–Crippen LogP) is 3.41. The highest BCUT2D eigenvalue weighted by molar-refractivity contribution is 5.80. The van der Waals surface area contributed by atoms with Crippen LogP contribution >= 0.6 is 0 Å². The summed E-state index contributed by atoms with van der Waals surface area (Å²) < 4.78 is 13.7. The molecule has 1 aliphatic carbocycles. The normalized spacial score (nSPS) is 34.5. The maximum Gasteiger partial charge on any atom is 0.150 e. The van der Waals surface area contributed by atoms with Crippen molar-refractivity contribution >= 4 is 10.9 Å². The Morgan fingerprint density at radius 1 is 1.18 bits per heavy atom. The lowest BCUT2D eigenvalue weighted by Gasteiger charge is -2.24. The number of rotatable bonds is 2. The molecule has 0 amide bonds. The van der Waals surface area contributed by atoms with Gasteiger partial charge in [0.15, 0.2) is 6.23 Å². The number of aromatic nitrogens is 2. The number of hydrogen-bond donors (Lipinski definition) is 0. The first kappa shape index (κ1) is 13.1. The van der Waals surface area contributed by atoms with Crippen molar-refractivity contribution in [2.24, 2.45) is 5.92 Å². The maximum absolute atomic E-state index is 5.89. The molecule has 0 radical (unpaired) electrons. The first-order valence-corrected chi connectivity index (χ1v) is 8.54. The van der Waals surface area contributed by atoms with E-state index in [-0.39, 0.29) is 6.23 Å². The van der Waals surface area contributed by atoms with Crippen molar-refractivity contribution < 1.29 is 9.47 Å². The number of benzene rings is 1. The van der Waals surface area contributed by atoms with Gasteiger partial charge in [-0.2, -0.15) is 5.10 Å². The minimum absolute atomic E-state index is 0.113. The Bertz CT molecular complexity index is 704. The largest absolute Gasteiger partial charge is 0.381 e. The van der Waals surface area contributed by atoms with Crippen LogP contribution in [0, 0.1) is 5.92 Å². The molecule has 4 nitrogen and oxygen atoms in total. The van der Waals surface area contributed by atoms with Crippen molar-refractivity contribution in [2.45, 2.75) is 43.7 Å². The van der Waals surface area contributed by atoms with Crippen LogP contribution in [0.1, 0.15) is 43.9 Å². The summed E-state index contributed by atoms with van der Waals surface area (Å²) in [6.45, 7) is 2.68. The molecule has 0 spiro atoms. The number of ether oxygens (including phenoxy) is 2. The van der Waals surface area contributed by atoms with E-state index in [1.165, 1.54) is 42.1 Å². The Morgan fingerprint density at radius 3 is 3.05 bits per heavy atom. The lowest BCUT2D eigenvalue weighted by molar-refractivity contribution is -0.0366. The Labute approximate surface area is 130 Å². The molecule has 3 fully saturated rings. The second-order valence-electron chi connectivity index (χ2n) is 7.08. The topological polar surface area (TPSA) is 36.3 Å². The molecule has 5 rings (SSSR count). The first-order valence-electron chi connectivity index (χ1n) is 8.54. The van der Waals surface area contributed by atoms with Crippen molar-refractivity contribution in [1.82, 2.24) is 9.78 Å². The van der Waals surface area contributed by atoms with Gasteiger partial charge in [-0.1, -0.05) is 6.07 Å². The lowest BCUT2D eigenvalue weighted by atomic mass is 9.91. The van der Waals surface area contributed by atoms with E-state index in [0.717, 1.165) is 32.2 Å². The predicted molar refractivity (Wildman–Crippen MR) is 83.8 cm³/mol. The summed E-state index contributed by atoms with van der Waals surface area (Å²) in [6, 6.07) is 6.85. The highest BCUT2D eigenvalue weighted by atomic mass is 16.5. The van der Waals surface area contributed by atoms with E-state index in [1.54, 1.807) is 0 Å². The molecule has 4 heteroatoms. The SMILES string of the molecule is c1cc2c(cnn2C2CCCCO2)cc1C12COCCC1C2. The summed E-state index contributed by atoms with van der Waals surface area (Å²) in [6.07, 6.45) is 8.08. The molecule has 2 saturated heterocycles. The molecule has 3 atom stereocenters. The molecule has 3 unspecified atom stereocenters. The van der Waals surface area contributed by atoms with Crippen molar-refractivity contribution in [3.8, 4) is 0 Å². The van der Waals surface area contributed by atoms with E-state index in [0.29, 0.717) is 5.41 Å². The summed E-state index contributed by atoms with van der Waals surface area (Å²) in [5.41, 5.74) is 2.94. The van der Waals surface area contributed by atoms with Gasteiger partial charge in [-0.3, -0.25) is 0 Å². The van der Waals surface area contributed by atoms with Gasteiger partial charge in [-0.05, 0) is 55.7 Å². The van der Waals surface area contributed by atoms with Gasteiger partial charge in [0.2, 0.25) is 0 Å². The van der Waals surface area contributed by atoms with E-state index in [4.69, 9.17) is 9.47 Å². The summed E-state index contributed by atoms with van der Waals surface area (Å²) in [7, 11) is 0. The minimum Gasteiger partial charge on any atom is -0.381 e. The number of fused-ring (bicyclic) bond motifs is 2. The van der Waals surface area contributed by atoms with E-state index in [2.05, 4.69) is 28.0 Å². The molecule has 0 bridgehead atoms. The molecule has 2 aromatic rings. The minimum atomic E-state index is 0.113. The van der Waals surface area contributed by atoms with Crippen LogP contribution in [0.5, 0.6) is 0 Å². The van der Waals surface area contributed by atoms with Gasteiger partial charge in [0, 0.05) is 24.0 Å². The lowest BCUT2D eigenvalue weighted by Crippen LogP contribution is -2.23. The number of nitrogens with zero attached hydrogens (tertiary/aromatic N) is 2. The average molecular weight is 298 g/mol. The average Bonchev–Trinajstić information content (AvgIpc) is 3.19. The Hall–Kier alpha value is -1.39. The highest BCUT2D eigenvalue weighted by Gasteiger charge is 2.56. The molecule has 1 aromatic heterocycles. The zero-order chi connectivity index (χ0) is 14.6. The van der Waals surface area contributed by atoms with Gasteiger partial charge in [0.25, 0.3) is 0 Å². The van der Waals surface area contributed by atoms with Crippen LogP contribution in [0.2, 0.25) is 0 Å². The fourth-order valence-corrected chi connectivity index (χ4v) is 4.36. The Kier molecular flexibility index (Phi) is 2.86. The van der Waals surface area contributed by atoms with Crippen molar-refractivity contribution in [3.63, 3.8) is 0 Å². The zero-order valence-electron chi connectivity index (χ0n) is 12.8. The van der Waals surface area contributed by atoms with Gasteiger partial charge >= 0.3 is 0 Å². The Balaban J connectivity index is 1.50. The molecule has 3 aliphatic rings. The molecule has 1 saturated carbocycles. The zero-order valence-corrected chi connectivity index (χ0v) is 12.8. The Morgan fingerprint density at radius 2 is 2.18 bits per heavy atom. The van der Waals surface area contributed by atoms with Crippen LogP contribution in [0.25, 0.3) is 10.9 Å². The fraction of sp³-hybridized carbons (Fsp3) is 0.611. The maximum atomic E-state index is 5.89. The second-order valence-corrected chi connectivity index (χ2v) is 7.08. The summed E-state index contributed by atoms with van der Waals surface area (Å²) in [5.74, 6) is 0.829. The monoisotopic (exact) mass is 298 g/mol. The molecular weight excluding hydrogens is 276 g/mol. The van der Waals surface area contributed by atoms with Gasteiger partial charge in [-0.15, -0.1) is 0 Å². The van der Waals surface area contributed by atoms with Crippen LogP contribution in [0.15, 0.2) is 24.4 Å². The molecule has 2 aliphatic heterocycles. The standard InChI is InChI=1S/C18H22N2O2/c1-2-7-22-17(3-1)20-16-5-4-14(9-13(16)11-19-20)18-10-15(18)6-8-21-12-18/h4-5,9,11,15,17H,1-3,6-8,10,12H2. The van der Waals surface area contributed by atoms with Crippen molar-refractivity contribution in [2.75, 3.05) is 19.8 Å². The van der Waals surface area contributed by atoms with Crippen LogP contribution in [-0.4, -0.2) is 29.6 Å². The van der Waals surface area contributed by atoms with Gasteiger partial charge in [0.05, 0.1) is 18.3 Å². The van der Waals surface area contributed by atoms with Crippen LogP contribution in [0.3, 0.4) is 0 Å². The quantitative estimate of drug-likeness (QED) is 0.852. The van der Waals surface area contributed by atoms with Crippen LogP contribution in [0.4, 0.5) is 0 Å². The smallest absolute Gasteiger partial charge is 0.150 e. The van der Waals surface area contributed by atoms with E-state index in [9.17, 15) is 0 Å². The molecule has 3 heterocycles. The van der Waals surface area contributed by atoms with Gasteiger partial charge < -0.3 is 9.47 Å². The fourth-order valence-electron chi connectivity index (χ4n) is 4.36. The van der Waals surface area contributed by atoms with Crippen molar-refractivity contribution in [3.05, 3.63) is 30.0 Å². The van der Waals surface area contributed by atoms with E-state index in [1.807, 2.05) is 6.20 Å². The van der Waals surface area contributed by atoms with E-state index < -0.39 is 0 Å². The molecule has 116 valence electrons. The third kappa shape index (κ3) is 1.87. The molecule has 1 aromatic carbocycles. The second kappa shape index (κ2) is 4.80.